The summed E-state index contributed by atoms with van der Waals surface area (Å²) in [5, 5.41) is 4.62. The lowest BCUT2D eigenvalue weighted by molar-refractivity contribution is 0.301. The number of fused-ring (bicyclic) bond motifs is 2. The highest BCUT2D eigenvalue weighted by Gasteiger charge is 2.11. The first-order chi connectivity index (χ1) is 12.7. The Morgan fingerprint density at radius 3 is 2.68 bits per heavy atom. The zero-order valence-corrected chi connectivity index (χ0v) is 19.1. The summed E-state index contributed by atoms with van der Waals surface area (Å²) in [5.41, 5.74) is 2.89. The number of rotatable bonds is 6. The molecular formula is C18H26Cl2N6S2. The molecule has 3 N–H and O–H groups in total. The van der Waals surface area contributed by atoms with Gasteiger partial charge in [-0.1, -0.05) is 6.92 Å². The maximum Gasteiger partial charge on any atom is 0.197 e. The van der Waals surface area contributed by atoms with Crippen LogP contribution in [0.3, 0.4) is 0 Å². The third-order valence-corrected chi connectivity index (χ3v) is 5.90. The monoisotopic (exact) mass is 460 g/mol. The minimum Gasteiger partial charge on any atom is -0.369 e. The molecule has 10 heteroatoms. The number of nitrogens with one attached hydrogen (secondary N) is 3. The molecule has 1 fully saturated rings. The molecule has 0 bridgehead atoms. The third kappa shape index (κ3) is 5.30. The van der Waals surface area contributed by atoms with Crippen molar-refractivity contribution in [3.63, 3.8) is 0 Å². The van der Waals surface area contributed by atoms with Gasteiger partial charge in [0.1, 0.15) is 11.6 Å². The van der Waals surface area contributed by atoms with Gasteiger partial charge >= 0.3 is 0 Å². The van der Waals surface area contributed by atoms with Crippen LogP contribution in [0.2, 0.25) is 0 Å². The van der Waals surface area contributed by atoms with Crippen molar-refractivity contribution in [2.24, 2.45) is 0 Å². The van der Waals surface area contributed by atoms with Crippen LogP contribution in [0.15, 0.2) is 12.1 Å². The Balaban J connectivity index is 0.00000140. The lowest BCUT2D eigenvalue weighted by Crippen LogP contribution is -2.34. The first kappa shape index (κ1) is 23.2. The van der Waals surface area contributed by atoms with Crippen LogP contribution in [0.5, 0.6) is 0 Å². The van der Waals surface area contributed by atoms with Crippen molar-refractivity contribution >= 4 is 76.5 Å². The minimum atomic E-state index is 0. The quantitative estimate of drug-likeness (QED) is 0.373. The summed E-state index contributed by atoms with van der Waals surface area (Å²) < 4.78 is 0.521. The van der Waals surface area contributed by atoms with Gasteiger partial charge in [-0.15, -0.1) is 24.8 Å². The number of thioether (sulfide) groups is 1. The Kier molecular flexibility index (Phi) is 8.82. The van der Waals surface area contributed by atoms with Crippen molar-refractivity contribution in [3.8, 4) is 0 Å². The lowest BCUT2D eigenvalue weighted by Gasteiger charge is -2.26. The van der Waals surface area contributed by atoms with Gasteiger partial charge in [-0.05, 0) is 37.3 Å². The van der Waals surface area contributed by atoms with Crippen LogP contribution in [0.25, 0.3) is 21.9 Å². The van der Waals surface area contributed by atoms with Crippen molar-refractivity contribution in [2.75, 3.05) is 43.0 Å². The van der Waals surface area contributed by atoms with Crippen LogP contribution in [0, 0.1) is 4.77 Å². The van der Waals surface area contributed by atoms with E-state index in [1.807, 2.05) is 6.07 Å². The largest absolute Gasteiger partial charge is 0.369 e. The highest BCUT2D eigenvalue weighted by atomic mass is 35.5. The fourth-order valence-corrected chi connectivity index (χ4v) is 4.53. The number of aromatic nitrogens is 4. The predicted octanol–water partition coefficient (Wildman–Crippen LogP) is 4.43. The lowest BCUT2D eigenvalue weighted by atomic mass is 10.2. The van der Waals surface area contributed by atoms with Crippen molar-refractivity contribution in [1.82, 2.24) is 24.8 Å². The predicted molar refractivity (Wildman–Crippen MR) is 127 cm³/mol. The Bertz CT molecular complexity index is 968. The smallest absolute Gasteiger partial charge is 0.197 e. The number of hydrogen-bond donors (Lipinski definition) is 3. The average molecular weight is 461 g/mol. The fraction of sp³-hybridized carbons (Fsp3) is 0.500. The zero-order chi connectivity index (χ0) is 17.9. The van der Waals surface area contributed by atoms with E-state index in [4.69, 9.17) is 17.2 Å². The number of aryl methyl sites for hydroxylation is 1. The average Bonchev–Trinajstić information content (AvgIpc) is 3.02. The number of aromatic amines is 2. The SMILES string of the molecule is CCc1nc(NCCCN2CCSCC2)c2cc3[nH]c(=S)nc3cc2[nH]1.Cl.Cl. The number of nitrogens with zero attached hydrogens (tertiary/aromatic N) is 3. The summed E-state index contributed by atoms with van der Waals surface area (Å²) in [5.74, 6) is 4.44. The van der Waals surface area contributed by atoms with E-state index in [1.165, 1.54) is 24.6 Å². The maximum atomic E-state index is 5.17. The van der Waals surface area contributed by atoms with E-state index >= 15 is 0 Å². The van der Waals surface area contributed by atoms with Gasteiger partial charge in [0.25, 0.3) is 0 Å². The van der Waals surface area contributed by atoms with Crippen molar-refractivity contribution < 1.29 is 0 Å². The van der Waals surface area contributed by atoms with Gasteiger partial charge in [-0.2, -0.15) is 11.8 Å². The second-order valence-electron chi connectivity index (χ2n) is 6.58. The minimum absolute atomic E-state index is 0. The fourth-order valence-electron chi connectivity index (χ4n) is 3.35. The Morgan fingerprint density at radius 1 is 1.14 bits per heavy atom. The molecule has 0 unspecified atom stereocenters. The molecule has 0 saturated carbocycles. The standard InChI is InChI=1S/C18H24N6S2.2ClH/c1-2-16-20-13-11-15-14(21-18(25)22-15)10-12(13)17(23-16)19-4-3-5-24-6-8-26-9-7-24;;/h10-11,19H,2-9H2,1H3,(H,20,23)(H,21,25);2*1H. The number of halogens is 2. The molecule has 0 spiro atoms. The van der Waals surface area contributed by atoms with Gasteiger partial charge in [-0.25, -0.2) is 9.97 Å². The summed E-state index contributed by atoms with van der Waals surface area (Å²) in [6.45, 7) is 6.61. The summed E-state index contributed by atoms with van der Waals surface area (Å²) in [7, 11) is 0. The molecule has 3 aromatic rings. The molecule has 0 radical (unpaired) electrons. The number of benzene rings is 1. The van der Waals surface area contributed by atoms with Gasteiger partial charge in [0, 0.05) is 42.9 Å². The molecular weight excluding hydrogens is 435 g/mol. The molecule has 2 aromatic heterocycles. The molecule has 28 heavy (non-hydrogen) atoms. The van der Waals surface area contributed by atoms with Gasteiger partial charge < -0.3 is 20.2 Å². The van der Waals surface area contributed by atoms with Gasteiger partial charge in [0.05, 0.1) is 16.6 Å². The highest BCUT2D eigenvalue weighted by Crippen LogP contribution is 2.25. The maximum absolute atomic E-state index is 5.17. The molecule has 1 aliphatic rings. The molecule has 6 nitrogen and oxygen atoms in total. The van der Waals surface area contributed by atoms with Gasteiger partial charge in [0.2, 0.25) is 0 Å². The molecule has 0 atom stereocenters. The Hall–Kier alpha value is -1.06. The van der Waals surface area contributed by atoms with E-state index < -0.39 is 0 Å². The van der Waals surface area contributed by atoms with E-state index in [2.05, 4.69) is 49.9 Å². The Labute approximate surface area is 186 Å². The summed E-state index contributed by atoms with van der Waals surface area (Å²) in [6.07, 6.45) is 1.98. The Morgan fingerprint density at radius 2 is 1.93 bits per heavy atom. The summed E-state index contributed by atoms with van der Waals surface area (Å²) in [6, 6.07) is 4.13. The third-order valence-electron chi connectivity index (χ3n) is 4.76. The molecule has 154 valence electrons. The van der Waals surface area contributed by atoms with Crippen LogP contribution in [0.1, 0.15) is 19.2 Å². The second-order valence-corrected chi connectivity index (χ2v) is 8.19. The van der Waals surface area contributed by atoms with E-state index in [0.717, 1.165) is 59.5 Å². The summed E-state index contributed by atoms with van der Waals surface area (Å²) >= 11 is 7.22. The number of H-pyrrole nitrogens is 2. The molecule has 0 amide bonds. The summed E-state index contributed by atoms with van der Waals surface area (Å²) in [4.78, 5) is 18.2. The molecule has 3 heterocycles. The van der Waals surface area contributed by atoms with E-state index in [0.29, 0.717) is 4.77 Å². The van der Waals surface area contributed by atoms with Gasteiger partial charge in [-0.3, -0.25) is 0 Å². The number of anilines is 1. The van der Waals surface area contributed by atoms with Crippen molar-refractivity contribution in [1.29, 1.82) is 0 Å². The molecule has 1 aliphatic heterocycles. The van der Waals surface area contributed by atoms with E-state index in [-0.39, 0.29) is 24.8 Å². The first-order valence-electron chi connectivity index (χ1n) is 9.19. The van der Waals surface area contributed by atoms with Crippen molar-refractivity contribution in [3.05, 3.63) is 22.7 Å². The molecule has 1 aromatic carbocycles. The van der Waals surface area contributed by atoms with Crippen LogP contribution < -0.4 is 5.32 Å². The zero-order valence-electron chi connectivity index (χ0n) is 15.8. The molecule has 1 saturated heterocycles. The number of hydrogen-bond acceptors (Lipinski definition) is 6. The highest BCUT2D eigenvalue weighted by molar-refractivity contribution is 7.99. The van der Waals surface area contributed by atoms with Crippen molar-refractivity contribution in [2.45, 2.75) is 19.8 Å². The second kappa shape index (κ2) is 10.6. The van der Waals surface area contributed by atoms with Crippen LogP contribution in [0.4, 0.5) is 5.82 Å². The van der Waals surface area contributed by atoms with E-state index in [9.17, 15) is 0 Å². The van der Waals surface area contributed by atoms with Crippen LogP contribution >= 0.6 is 48.8 Å². The first-order valence-corrected chi connectivity index (χ1v) is 10.8. The molecule has 0 aliphatic carbocycles. The number of imidazole rings is 1. The van der Waals surface area contributed by atoms with Crippen LogP contribution in [-0.2, 0) is 6.42 Å². The van der Waals surface area contributed by atoms with Gasteiger partial charge in [0.15, 0.2) is 4.77 Å². The molecule has 4 rings (SSSR count). The van der Waals surface area contributed by atoms with E-state index in [1.54, 1.807) is 0 Å². The normalized spacial score (nSPS) is 14.6. The topological polar surface area (TPSA) is 72.6 Å². The van der Waals surface area contributed by atoms with Crippen LogP contribution in [-0.4, -0.2) is 62.5 Å².